The van der Waals surface area contributed by atoms with Crippen LogP contribution in [0.15, 0.2) is 23.1 Å². The van der Waals surface area contributed by atoms with Gasteiger partial charge in [0.1, 0.15) is 0 Å². The molecule has 1 aromatic carbocycles. The maximum absolute atomic E-state index is 11.2. The average Bonchev–Trinajstić information content (AvgIpc) is 2.39. The van der Waals surface area contributed by atoms with Gasteiger partial charge < -0.3 is 20.8 Å². The van der Waals surface area contributed by atoms with E-state index in [0.717, 1.165) is 31.9 Å². The first-order valence-electron chi connectivity index (χ1n) is 6.31. The number of nitrogens with zero attached hydrogens (tertiary/aromatic N) is 1. The summed E-state index contributed by atoms with van der Waals surface area (Å²) in [4.78, 5) is 17.9. The van der Waals surface area contributed by atoms with Gasteiger partial charge in [0.2, 0.25) is 0 Å². The Kier molecular flexibility index (Phi) is 4.35. The number of ether oxygens (including phenoxy) is 1. The minimum atomic E-state index is -0.232. The molecule has 0 aliphatic carbocycles. The van der Waals surface area contributed by atoms with Gasteiger partial charge in [-0.05, 0) is 25.5 Å². The van der Waals surface area contributed by atoms with Crippen LogP contribution in [0.1, 0.15) is 13.3 Å². The maximum Gasteiger partial charge on any atom is 0.266 e. The summed E-state index contributed by atoms with van der Waals surface area (Å²) in [6.07, 6.45) is 2.17. The molecule has 1 aromatic heterocycles. The predicted molar refractivity (Wildman–Crippen MR) is 76.4 cm³/mol. The first-order valence-corrected chi connectivity index (χ1v) is 6.31. The van der Waals surface area contributed by atoms with Gasteiger partial charge in [0, 0.05) is 19.8 Å². The van der Waals surface area contributed by atoms with Crippen LogP contribution in [0.3, 0.4) is 0 Å². The van der Waals surface area contributed by atoms with Crippen molar-refractivity contribution in [2.75, 3.05) is 30.8 Å². The van der Waals surface area contributed by atoms with Crippen molar-refractivity contribution >= 4 is 22.4 Å². The van der Waals surface area contributed by atoms with Crippen LogP contribution in [0, 0.1) is 0 Å². The van der Waals surface area contributed by atoms with E-state index >= 15 is 0 Å². The van der Waals surface area contributed by atoms with Crippen molar-refractivity contribution in [2.24, 2.45) is 0 Å². The third kappa shape index (κ3) is 3.45. The van der Waals surface area contributed by atoms with Crippen LogP contribution in [-0.2, 0) is 4.74 Å². The second-order valence-electron chi connectivity index (χ2n) is 4.18. The Labute approximate surface area is 111 Å². The predicted octanol–water partition coefficient (Wildman–Crippen LogP) is 1.34. The maximum atomic E-state index is 11.2. The number of H-pyrrole nitrogens is 1. The molecule has 0 atom stereocenters. The standard InChI is InChI=1S/C13H18N4O2/c1-2-19-5-3-4-15-10-7-11-12(6-9(10)14)17-13(18)8-16-11/h6-8,15H,2-5,14H2,1H3,(H,17,18). The number of aromatic nitrogens is 2. The van der Waals surface area contributed by atoms with Crippen molar-refractivity contribution in [3.63, 3.8) is 0 Å². The minimum absolute atomic E-state index is 0.232. The summed E-state index contributed by atoms with van der Waals surface area (Å²) in [7, 11) is 0. The minimum Gasteiger partial charge on any atom is -0.397 e. The summed E-state index contributed by atoms with van der Waals surface area (Å²) in [6.45, 7) is 4.21. The Hall–Kier alpha value is -2.08. The molecule has 0 aliphatic heterocycles. The van der Waals surface area contributed by atoms with Crippen molar-refractivity contribution in [3.8, 4) is 0 Å². The lowest BCUT2D eigenvalue weighted by molar-refractivity contribution is 0.147. The molecule has 6 heteroatoms. The van der Waals surface area contributed by atoms with Crippen molar-refractivity contribution in [1.82, 2.24) is 9.97 Å². The first-order chi connectivity index (χ1) is 9.20. The van der Waals surface area contributed by atoms with E-state index in [-0.39, 0.29) is 5.56 Å². The highest BCUT2D eigenvalue weighted by atomic mass is 16.5. The number of hydrogen-bond donors (Lipinski definition) is 3. The fourth-order valence-electron chi connectivity index (χ4n) is 1.80. The average molecular weight is 262 g/mol. The number of anilines is 2. The Morgan fingerprint density at radius 1 is 1.47 bits per heavy atom. The monoisotopic (exact) mass is 262 g/mol. The van der Waals surface area contributed by atoms with Crippen molar-refractivity contribution in [3.05, 3.63) is 28.7 Å². The normalized spacial score (nSPS) is 10.8. The second-order valence-corrected chi connectivity index (χ2v) is 4.18. The van der Waals surface area contributed by atoms with Gasteiger partial charge in [-0.25, -0.2) is 4.98 Å². The summed E-state index contributed by atoms with van der Waals surface area (Å²) < 4.78 is 5.26. The number of hydrogen-bond acceptors (Lipinski definition) is 5. The van der Waals surface area contributed by atoms with Gasteiger partial charge in [-0.1, -0.05) is 0 Å². The Balaban J connectivity index is 2.08. The lowest BCUT2D eigenvalue weighted by atomic mass is 10.2. The van der Waals surface area contributed by atoms with Gasteiger partial charge in [-0.3, -0.25) is 4.79 Å². The van der Waals surface area contributed by atoms with Crippen LogP contribution in [0.2, 0.25) is 0 Å². The number of fused-ring (bicyclic) bond motifs is 1. The Morgan fingerprint density at radius 2 is 2.32 bits per heavy atom. The summed E-state index contributed by atoms with van der Waals surface area (Å²) in [5.74, 6) is 0. The molecule has 0 saturated heterocycles. The van der Waals surface area contributed by atoms with Gasteiger partial charge in [-0.15, -0.1) is 0 Å². The molecule has 0 fully saturated rings. The molecule has 6 nitrogen and oxygen atoms in total. The fraction of sp³-hybridized carbons (Fsp3) is 0.385. The molecule has 0 saturated carbocycles. The molecule has 0 unspecified atom stereocenters. The molecule has 19 heavy (non-hydrogen) atoms. The van der Waals surface area contributed by atoms with Gasteiger partial charge in [0.25, 0.3) is 5.56 Å². The van der Waals surface area contributed by atoms with E-state index in [1.54, 1.807) is 6.07 Å². The fourth-order valence-corrected chi connectivity index (χ4v) is 1.80. The quantitative estimate of drug-likeness (QED) is 0.539. The van der Waals surface area contributed by atoms with Crippen LogP contribution in [0.4, 0.5) is 11.4 Å². The summed E-state index contributed by atoms with van der Waals surface area (Å²) in [5.41, 5.74) is 8.47. The number of nitrogens with one attached hydrogen (secondary N) is 2. The highest BCUT2D eigenvalue weighted by Crippen LogP contribution is 2.22. The van der Waals surface area contributed by atoms with E-state index in [2.05, 4.69) is 15.3 Å². The number of rotatable bonds is 6. The van der Waals surface area contributed by atoms with Crippen LogP contribution in [0.5, 0.6) is 0 Å². The molecular formula is C13H18N4O2. The highest BCUT2D eigenvalue weighted by molar-refractivity contribution is 5.85. The number of aromatic amines is 1. The number of benzene rings is 1. The lowest BCUT2D eigenvalue weighted by Gasteiger charge is -2.10. The number of nitrogen functional groups attached to an aromatic ring is 1. The van der Waals surface area contributed by atoms with Crippen LogP contribution in [-0.4, -0.2) is 29.7 Å². The number of nitrogens with two attached hydrogens (primary N) is 1. The van der Waals surface area contributed by atoms with E-state index in [9.17, 15) is 4.79 Å². The van der Waals surface area contributed by atoms with E-state index in [1.807, 2.05) is 13.0 Å². The summed E-state index contributed by atoms with van der Waals surface area (Å²) in [6, 6.07) is 3.55. The largest absolute Gasteiger partial charge is 0.397 e. The highest BCUT2D eigenvalue weighted by Gasteiger charge is 2.03. The molecule has 1 heterocycles. The molecule has 0 bridgehead atoms. The lowest BCUT2D eigenvalue weighted by Crippen LogP contribution is -2.09. The molecule has 102 valence electrons. The molecule has 0 radical (unpaired) electrons. The topological polar surface area (TPSA) is 93.0 Å². The summed E-state index contributed by atoms with van der Waals surface area (Å²) in [5, 5.41) is 3.24. The van der Waals surface area contributed by atoms with Crippen LogP contribution in [0.25, 0.3) is 11.0 Å². The van der Waals surface area contributed by atoms with E-state index in [0.29, 0.717) is 16.7 Å². The van der Waals surface area contributed by atoms with Gasteiger partial charge in [-0.2, -0.15) is 0 Å². The molecule has 4 N–H and O–H groups in total. The zero-order valence-electron chi connectivity index (χ0n) is 10.9. The molecule has 2 rings (SSSR count). The van der Waals surface area contributed by atoms with Crippen LogP contribution < -0.4 is 16.6 Å². The first kappa shape index (κ1) is 13.4. The molecule has 2 aromatic rings. The van der Waals surface area contributed by atoms with Crippen LogP contribution >= 0.6 is 0 Å². The third-order valence-electron chi connectivity index (χ3n) is 2.73. The molecule has 0 aliphatic rings. The summed E-state index contributed by atoms with van der Waals surface area (Å²) >= 11 is 0. The van der Waals surface area contributed by atoms with Gasteiger partial charge in [0.05, 0.1) is 28.6 Å². The third-order valence-corrected chi connectivity index (χ3v) is 2.73. The van der Waals surface area contributed by atoms with Gasteiger partial charge >= 0.3 is 0 Å². The zero-order chi connectivity index (χ0) is 13.7. The Morgan fingerprint density at radius 3 is 3.11 bits per heavy atom. The molecule has 0 spiro atoms. The van der Waals surface area contributed by atoms with Crippen molar-refractivity contribution in [2.45, 2.75) is 13.3 Å². The molecular weight excluding hydrogens is 244 g/mol. The van der Waals surface area contributed by atoms with E-state index in [1.165, 1.54) is 6.20 Å². The van der Waals surface area contributed by atoms with E-state index < -0.39 is 0 Å². The zero-order valence-corrected chi connectivity index (χ0v) is 10.9. The van der Waals surface area contributed by atoms with Gasteiger partial charge in [0.15, 0.2) is 0 Å². The smallest absolute Gasteiger partial charge is 0.266 e. The Bertz CT molecular complexity index is 609. The van der Waals surface area contributed by atoms with E-state index in [4.69, 9.17) is 10.5 Å². The second kappa shape index (κ2) is 6.19. The van der Waals surface area contributed by atoms with Crippen molar-refractivity contribution < 1.29 is 4.74 Å². The SMILES string of the molecule is CCOCCCNc1cc2ncc(=O)[nH]c2cc1N. The van der Waals surface area contributed by atoms with Crippen molar-refractivity contribution in [1.29, 1.82) is 0 Å². The molecule has 0 amide bonds.